The van der Waals surface area contributed by atoms with E-state index in [4.69, 9.17) is 0 Å². The van der Waals surface area contributed by atoms with E-state index >= 15 is 0 Å². The van der Waals surface area contributed by atoms with Gasteiger partial charge in [0.05, 0.1) is 14.2 Å². The number of hydrogen-bond acceptors (Lipinski definition) is 4. The van der Waals surface area contributed by atoms with Gasteiger partial charge in [0.15, 0.2) is 7.05 Å². The van der Waals surface area contributed by atoms with E-state index in [0.29, 0.717) is 0 Å². The summed E-state index contributed by atoms with van der Waals surface area (Å²) < 4.78 is 35.5. The van der Waals surface area contributed by atoms with Crippen molar-refractivity contribution in [3.05, 3.63) is 42.1 Å². The molecule has 22 heavy (non-hydrogen) atoms. The lowest BCUT2D eigenvalue weighted by Crippen LogP contribution is -2.40. The van der Waals surface area contributed by atoms with Gasteiger partial charge in [-0.3, -0.25) is 4.18 Å². The second kappa shape index (κ2) is 6.60. The van der Waals surface area contributed by atoms with Crippen LogP contribution in [0.4, 0.5) is 0 Å². The van der Waals surface area contributed by atoms with E-state index in [9.17, 15) is 13.0 Å². The number of benzene rings is 1. The third kappa shape index (κ3) is 4.16. The van der Waals surface area contributed by atoms with E-state index in [2.05, 4.69) is 64.0 Å². The summed E-state index contributed by atoms with van der Waals surface area (Å²) in [6.07, 6.45) is 2.71. The molecule has 7 heteroatoms. The molecular formula is C15H20N2O4S. The molecule has 6 nitrogen and oxygen atoms in total. The molecule has 0 saturated heterocycles. The lowest BCUT2D eigenvalue weighted by Gasteiger charge is -1.99. The van der Waals surface area contributed by atoms with Gasteiger partial charge in [-0.2, -0.15) is 4.68 Å². The molecule has 120 valence electrons. The highest BCUT2D eigenvalue weighted by atomic mass is 32.3. The molecule has 0 aliphatic heterocycles. The predicted octanol–water partition coefficient (Wildman–Crippen LogP) is 1.49. The number of rotatable bonds is 3. The molecule has 0 bridgehead atoms. The van der Waals surface area contributed by atoms with Crippen molar-refractivity contribution in [1.82, 2.24) is 4.68 Å². The van der Waals surface area contributed by atoms with Crippen LogP contribution in [0.2, 0.25) is 0 Å². The third-order valence-electron chi connectivity index (χ3n) is 3.73. The Labute approximate surface area is 130 Å². The maximum Gasteiger partial charge on any atom is 0.217 e. The summed E-state index contributed by atoms with van der Waals surface area (Å²) in [7, 11) is 0.682. The van der Waals surface area contributed by atoms with Crippen LogP contribution in [0, 0.1) is 0 Å². The molecule has 0 N–H and O–H groups in total. The zero-order chi connectivity index (χ0) is 16.3. The molecule has 2 aromatic rings. The normalized spacial score (nSPS) is 14.4. The molecule has 1 saturated carbocycles. The van der Waals surface area contributed by atoms with Crippen LogP contribution in [0.1, 0.15) is 24.5 Å². The van der Waals surface area contributed by atoms with Gasteiger partial charge in [-0.1, -0.05) is 30.3 Å². The zero-order valence-electron chi connectivity index (χ0n) is 12.9. The summed E-state index contributed by atoms with van der Waals surface area (Å²) in [6.45, 7) is 0. The summed E-state index contributed by atoms with van der Waals surface area (Å²) >= 11 is 0. The van der Waals surface area contributed by atoms with Crippen LogP contribution in [-0.4, -0.2) is 24.8 Å². The van der Waals surface area contributed by atoms with Gasteiger partial charge >= 0.3 is 0 Å². The lowest BCUT2D eigenvalue weighted by molar-refractivity contribution is -0.756. The molecule has 3 rings (SSSR count). The first-order valence-corrected chi connectivity index (χ1v) is 8.29. The molecule has 1 heterocycles. The summed E-state index contributed by atoms with van der Waals surface area (Å²) in [5.74, 6) is 0.800. The Hall–Kier alpha value is -1.70. The minimum atomic E-state index is -4.41. The van der Waals surface area contributed by atoms with Crippen molar-refractivity contribution in [1.29, 1.82) is 0 Å². The van der Waals surface area contributed by atoms with Crippen LogP contribution in [0.3, 0.4) is 0 Å². The lowest BCUT2D eigenvalue weighted by atomic mass is 10.1. The Morgan fingerprint density at radius 3 is 2.27 bits per heavy atom. The second-order valence-corrected chi connectivity index (χ2v) is 6.37. The van der Waals surface area contributed by atoms with Crippen molar-refractivity contribution < 1.29 is 21.8 Å². The third-order valence-corrected chi connectivity index (χ3v) is 4.13. The molecule has 1 aromatic heterocycles. The van der Waals surface area contributed by atoms with Gasteiger partial charge in [0.25, 0.3) is 0 Å². The number of aromatic nitrogens is 2. The Balaban J connectivity index is 0.000000254. The van der Waals surface area contributed by atoms with E-state index in [1.807, 2.05) is 0 Å². The minimum Gasteiger partial charge on any atom is -0.726 e. The highest BCUT2D eigenvalue weighted by Crippen LogP contribution is 2.39. The van der Waals surface area contributed by atoms with Crippen molar-refractivity contribution in [3.63, 3.8) is 0 Å². The van der Waals surface area contributed by atoms with Crippen LogP contribution >= 0.6 is 0 Å². The van der Waals surface area contributed by atoms with Gasteiger partial charge in [0, 0.05) is 17.5 Å². The zero-order valence-corrected chi connectivity index (χ0v) is 13.7. The van der Waals surface area contributed by atoms with Crippen molar-refractivity contribution >= 4 is 10.4 Å². The average molecular weight is 324 g/mol. The molecule has 0 spiro atoms. The van der Waals surface area contributed by atoms with Crippen molar-refractivity contribution in [2.24, 2.45) is 14.1 Å². The highest BCUT2D eigenvalue weighted by molar-refractivity contribution is 7.80. The summed E-state index contributed by atoms with van der Waals surface area (Å²) in [4.78, 5) is 0. The van der Waals surface area contributed by atoms with Crippen LogP contribution < -0.4 is 4.68 Å². The first kappa shape index (κ1) is 16.7. The van der Waals surface area contributed by atoms with Gasteiger partial charge in [0.1, 0.15) is 5.69 Å². The fourth-order valence-electron chi connectivity index (χ4n) is 2.30. The first-order chi connectivity index (χ1) is 10.3. The summed E-state index contributed by atoms with van der Waals surface area (Å²) in [5, 5.41) is 0. The maximum atomic E-state index is 9.22. The topological polar surface area (TPSA) is 75.2 Å². The number of hydrogen-bond donors (Lipinski definition) is 0. The molecule has 1 aliphatic carbocycles. The Kier molecular flexibility index (Phi) is 5.00. The molecule has 1 aliphatic rings. The van der Waals surface area contributed by atoms with Crippen molar-refractivity contribution in [2.75, 3.05) is 7.11 Å². The molecule has 1 aromatic carbocycles. The van der Waals surface area contributed by atoms with E-state index < -0.39 is 10.4 Å². The smallest absolute Gasteiger partial charge is 0.217 e. The van der Waals surface area contributed by atoms with Gasteiger partial charge < -0.3 is 4.55 Å². The van der Waals surface area contributed by atoms with Gasteiger partial charge in [-0.25, -0.2) is 8.42 Å². The molecule has 0 unspecified atom stereocenters. The predicted molar refractivity (Wildman–Crippen MR) is 80.7 cm³/mol. The summed E-state index contributed by atoms with van der Waals surface area (Å²) in [6, 6.07) is 12.9. The van der Waals surface area contributed by atoms with E-state index in [1.54, 1.807) is 0 Å². The largest absolute Gasteiger partial charge is 0.726 e. The molecule has 0 atom stereocenters. The Bertz CT molecular complexity index is 734. The maximum absolute atomic E-state index is 9.22. The van der Waals surface area contributed by atoms with E-state index in [-0.39, 0.29) is 0 Å². The summed E-state index contributed by atoms with van der Waals surface area (Å²) in [5.41, 5.74) is 4.08. The van der Waals surface area contributed by atoms with Crippen LogP contribution in [0.15, 0.2) is 36.4 Å². The molecule has 0 amide bonds. The standard InChI is InChI=1S/C14H17N2.CH4O4S/c1-15-13(11-6-4-3-5-7-11)10-14(16(15)2)12-8-9-12;1-5-6(2,3)4/h3-7,10,12H,8-9H2,1-2H3;1H3,(H,2,3,4)/q+1;/p-1. The van der Waals surface area contributed by atoms with E-state index in [0.717, 1.165) is 13.0 Å². The monoisotopic (exact) mass is 324 g/mol. The average Bonchev–Trinajstić information content (AvgIpc) is 3.28. The molecular weight excluding hydrogens is 304 g/mol. The van der Waals surface area contributed by atoms with E-state index in [1.165, 1.54) is 29.8 Å². The van der Waals surface area contributed by atoms with Crippen LogP contribution in [-0.2, 0) is 28.7 Å². The molecule has 1 fully saturated rings. The van der Waals surface area contributed by atoms with Gasteiger partial charge in [-0.15, -0.1) is 4.68 Å². The minimum absolute atomic E-state index is 0.800. The fraction of sp³-hybridized carbons (Fsp3) is 0.400. The Morgan fingerprint density at radius 1 is 1.27 bits per heavy atom. The van der Waals surface area contributed by atoms with Gasteiger partial charge in [0.2, 0.25) is 16.1 Å². The SMILES string of the molecule is COS(=O)(=O)[O-].Cn1c(-c2ccccc2)cc(C2CC2)[n+]1C. The second-order valence-electron chi connectivity index (χ2n) is 5.22. The first-order valence-electron chi connectivity index (χ1n) is 6.96. The van der Waals surface area contributed by atoms with Crippen LogP contribution in [0.5, 0.6) is 0 Å². The van der Waals surface area contributed by atoms with Crippen molar-refractivity contribution in [2.45, 2.75) is 18.8 Å². The fourth-order valence-corrected chi connectivity index (χ4v) is 2.30. The van der Waals surface area contributed by atoms with Gasteiger partial charge in [-0.05, 0) is 12.8 Å². The molecule has 0 radical (unpaired) electrons. The van der Waals surface area contributed by atoms with Crippen molar-refractivity contribution in [3.8, 4) is 11.3 Å². The number of nitrogens with zero attached hydrogens (tertiary/aromatic N) is 2. The highest BCUT2D eigenvalue weighted by Gasteiger charge is 2.34. The quantitative estimate of drug-likeness (QED) is 0.487. The Morgan fingerprint density at radius 2 is 1.82 bits per heavy atom. The van der Waals surface area contributed by atoms with Crippen LogP contribution in [0.25, 0.3) is 11.3 Å².